The fourth-order valence-electron chi connectivity index (χ4n) is 3.49. The summed E-state index contributed by atoms with van der Waals surface area (Å²) in [5.41, 5.74) is 0. The summed E-state index contributed by atoms with van der Waals surface area (Å²) in [5.74, 6) is 3.75. The number of hydrogen-bond acceptors (Lipinski definition) is 2. The van der Waals surface area contributed by atoms with Crippen LogP contribution in [0.25, 0.3) is 0 Å². The van der Waals surface area contributed by atoms with E-state index in [0.29, 0.717) is 6.54 Å². The van der Waals surface area contributed by atoms with Crippen LogP contribution in [0.5, 0.6) is 0 Å². The van der Waals surface area contributed by atoms with E-state index in [1.54, 1.807) is 6.26 Å². The van der Waals surface area contributed by atoms with Gasteiger partial charge in [0.2, 0.25) is 0 Å². The van der Waals surface area contributed by atoms with Gasteiger partial charge >= 0.3 is 0 Å². The minimum atomic E-state index is 0. The predicted molar refractivity (Wildman–Crippen MR) is 91.3 cm³/mol. The van der Waals surface area contributed by atoms with Crippen LogP contribution in [0.1, 0.15) is 31.4 Å². The Labute approximate surface area is 138 Å². The molecule has 2 heterocycles. The van der Waals surface area contributed by atoms with Crippen molar-refractivity contribution in [3.63, 3.8) is 0 Å². The van der Waals surface area contributed by atoms with Crippen LogP contribution < -0.4 is 5.32 Å². The minimum Gasteiger partial charge on any atom is -0.467 e. The Kier molecular flexibility index (Phi) is 5.74. The SMILES string of the molecule is CN=C(NCc1ccco1)N1CC2CCCCC2C1.I. The molecule has 1 aliphatic carbocycles. The van der Waals surface area contributed by atoms with Crippen LogP contribution in [0.4, 0.5) is 0 Å². The maximum absolute atomic E-state index is 5.35. The average Bonchev–Trinajstić information content (AvgIpc) is 3.08. The van der Waals surface area contributed by atoms with Crippen molar-refractivity contribution in [2.75, 3.05) is 20.1 Å². The molecule has 0 aromatic carbocycles. The van der Waals surface area contributed by atoms with Gasteiger partial charge in [0.1, 0.15) is 5.76 Å². The molecule has 3 rings (SSSR count). The van der Waals surface area contributed by atoms with E-state index in [2.05, 4.69) is 15.2 Å². The Morgan fingerprint density at radius 2 is 2.05 bits per heavy atom. The lowest BCUT2D eigenvalue weighted by atomic mass is 9.82. The summed E-state index contributed by atoms with van der Waals surface area (Å²) in [6, 6.07) is 3.91. The van der Waals surface area contributed by atoms with Gasteiger partial charge in [-0.3, -0.25) is 4.99 Å². The van der Waals surface area contributed by atoms with Crippen LogP contribution in [0.2, 0.25) is 0 Å². The fraction of sp³-hybridized carbons (Fsp3) is 0.667. The summed E-state index contributed by atoms with van der Waals surface area (Å²) in [6.45, 7) is 3.05. The van der Waals surface area contributed by atoms with Crippen molar-refractivity contribution >= 4 is 29.9 Å². The van der Waals surface area contributed by atoms with Crippen molar-refractivity contribution < 1.29 is 4.42 Å². The van der Waals surface area contributed by atoms with E-state index in [1.165, 1.54) is 38.8 Å². The highest BCUT2D eigenvalue weighted by Gasteiger charge is 2.35. The van der Waals surface area contributed by atoms with E-state index in [-0.39, 0.29) is 24.0 Å². The normalized spacial score (nSPS) is 26.1. The van der Waals surface area contributed by atoms with Crippen molar-refractivity contribution in [3.05, 3.63) is 24.2 Å². The van der Waals surface area contributed by atoms with Crippen molar-refractivity contribution in [2.24, 2.45) is 16.8 Å². The van der Waals surface area contributed by atoms with Gasteiger partial charge in [-0.15, -0.1) is 24.0 Å². The number of halogens is 1. The van der Waals surface area contributed by atoms with Crippen LogP contribution in [0.3, 0.4) is 0 Å². The molecule has 1 aromatic rings. The first-order chi connectivity index (χ1) is 9.36. The van der Waals surface area contributed by atoms with Gasteiger partial charge in [0.25, 0.3) is 0 Å². The van der Waals surface area contributed by atoms with E-state index in [9.17, 15) is 0 Å². The third kappa shape index (κ3) is 3.48. The first-order valence-corrected chi connectivity index (χ1v) is 7.35. The number of fused-ring (bicyclic) bond motifs is 1. The molecule has 1 aromatic heterocycles. The minimum absolute atomic E-state index is 0. The maximum Gasteiger partial charge on any atom is 0.194 e. The van der Waals surface area contributed by atoms with Crippen LogP contribution in [-0.4, -0.2) is 31.0 Å². The Morgan fingerprint density at radius 1 is 1.35 bits per heavy atom. The first-order valence-electron chi connectivity index (χ1n) is 7.35. The second kappa shape index (κ2) is 7.33. The molecule has 0 spiro atoms. The third-order valence-electron chi connectivity index (χ3n) is 4.49. The Balaban J connectivity index is 0.00000147. The molecule has 2 atom stereocenters. The van der Waals surface area contributed by atoms with Gasteiger partial charge in [0.15, 0.2) is 5.96 Å². The lowest BCUT2D eigenvalue weighted by Crippen LogP contribution is -2.39. The zero-order valence-electron chi connectivity index (χ0n) is 12.0. The highest BCUT2D eigenvalue weighted by Crippen LogP contribution is 2.35. The van der Waals surface area contributed by atoms with Crippen LogP contribution in [0.15, 0.2) is 27.8 Å². The van der Waals surface area contributed by atoms with E-state index in [0.717, 1.165) is 23.6 Å². The molecule has 0 radical (unpaired) electrons. The molecule has 20 heavy (non-hydrogen) atoms. The standard InChI is InChI=1S/C15H23N3O.HI/c1-16-15(17-9-14-7-4-8-19-14)18-10-12-5-2-3-6-13(12)11-18;/h4,7-8,12-13H,2-3,5-6,9-11H2,1H3,(H,16,17);1H. The van der Waals surface area contributed by atoms with E-state index < -0.39 is 0 Å². The number of likely N-dealkylation sites (tertiary alicyclic amines) is 1. The zero-order chi connectivity index (χ0) is 13.1. The summed E-state index contributed by atoms with van der Waals surface area (Å²) in [4.78, 5) is 6.84. The van der Waals surface area contributed by atoms with Gasteiger partial charge in [0, 0.05) is 20.1 Å². The molecule has 1 saturated carbocycles. The zero-order valence-corrected chi connectivity index (χ0v) is 14.4. The van der Waals surface area contributed by atoms with Crippen LogP contribution in [0, 0.1) is 11.8 Å². The molecule has 0 bridgehead atoms. The molecular weight excluding hydrogens is 365 g/mol. The Hall–Kier alpha value is -0.720. The summed E-state index contributed by atoms with van der Waals surface area (Å²) < 4.78 is 5.35. The topological polar surface area (TPSA) is 40.8 Å². The summed E-state index contributed by atoms with van der Waals surface area (Å²) in [6.07, 6.45) is 7.33. The second-order valence-corrected chi connectivity index (χ2v) is 5.69. The maximum atomic E-state index is 5.35. The molecule has 1 saturated heterocycles. The van der Waals surface area contributed by atoms with Gasteiger partial charge in [-0.25, -0.2) is 0 Å². The monoisotopic (exact) mass is 389 g/mol. The summed E-state index contributed by atoms with van der Waals surface area (Å²) >= 11 is 0. The number of rotatable bonds is 2. The first kappa shape index (κ1) is 15.7. The number of hydrogen-bond donors (Lipinski definition) is 1. The lowest BCUT2D eigenvalue weighted by molar-refractivity contribution is 0.299. The quantitative estimate of drug-likeness (QED) is 0.480. The van der Waals surface area contributed by atoms with Crippen molar-refractivity contribution in [2.45, 2.75) is 32.2 Å². The number of aliphatic imine (C=N–C) groups is 1. The molecular formula is C15H24IN3O. The number of nitrogens with zero attached hydrogens (tertiary/aromatic N) is 2. The van der Waals surface area contributed by atoms with Crippen LogP contribution >= 0.6 is 24.0 Å². The second-order valence-electron chi connectivity index (χ2n) is 5.69. The van der Waals surface area contributed by atoms with Gasteiger partial charge in [0.05, 0.1) is 12.8 Å². The number of guanidine groups is 1. The molecule has 0 amide bonds. The van der Waals surface area contributed by atoms with E-state index >= 15 is 0 Å². The van der Waals surface area contributed by atoms with Gasteiger partial charge in [-0.05, 0) is 36.8 Å². The number of furan rings is 1. The smallest absolute Gasteiger partial charge is 0.194 e. The fourth-order valence-corrected chi connectivity index (χ4v) is 3.49. The summed E-state index contributed by atoms with van der Waals surface area (Å²) in [5, 5.41) is 3.41. The van der Waals surface area contributed by atoms with E-state index in [4.69, 9.17) is 4.42 Å². The van der Waals surface area contributed by atoms with Crippen LogP contribution in [-0.2, 0) is 6.54 Å². The largest absolute Gasteiger partial charge is 0.467 e. The predicted octanol–water partition coefficient (Wildman–Crippen LogP) is 3.10. The van der Waals surface area contributed by atoms with Crippen molar-refractivity contribution in [1.82, 2.24) is 10.2 Å². The van der Waals surface area contributed by atoms with Gasteiger partial charge in [-0.2, -0.15) is 0 Å². The van der Waals surface area contributed by atoms with E-state index in [1.807, 2.05) is 19.2 Å². The Bertz CT molecular complexity index is 418. The van der Waals surface area contributed by atoms with Crippen molar-refractivity contribution in [3.8, 4) is 0 Å². The van der Waals surface area contributed by atoms with Crippen molar-refractivity contribution in [1.29, 1.82) is 0 Å². The molecule has 112 valence electrons. The molecule has 1 N–H and O–H groups in total. The number of nitrogens with one attached hydrogen (secondary N) is 1. The molecule has 5 heteroatoms. The summed E-state index contributed by atoms with van der Waals surface area (Å²) in [7, 11) is 1.87. The molecule has 2 fully saturated rings. The molecule has 4 nitrogen and oxygen atoms in total. The highest BCUT2D eigenvalue weighted by molar-refractivity contribution is 14.0. The lowest BCUT2D eigenvalue weighted by Gasteiger charge is -2.22. The average molecular weight is 389 g/mol. The Morgan fingerprint density at radius 3 is 2.60 bits per heavy atom. The highest BCUT2D eigenvalue weighted by atomic mass is 127. The molecule has 2 unspecified atom stereocenters. The van der Waals surface area contributed by atoms with Gasteiger partial charge < -0.3 is 14.6 Å². The van der Waals surface area contributed by atoms with Gasteiger partial charge in [-0.1, -0.05) is 12.8 Å². The third-order valence-corrected chi connectivity index (χ3v) is 4.49. The molecule has 1 aliphatic heterocycles. The molecule has 2 aliphatic rings.